The van der Waals surface area contributed by atoms with Crippen molar-refractivity contribution in [2.45, 2.75) is 61.1 Å². The second-order valence-electron chi connectivity index (χ2n) is 9.40. The van der Waals surface area contributed by atoms with Gasteiger partial charge in [0.2, 0.25) is 10.0 Å². The van der Waals surface area contributed by atoms with Gasteiger partial charge in [-0.25, -0.2) is 22.2 Å². The molecule has 188 valence electrons. The van der Waals surface area contributed by atoms with Crippen LogP contribution in [-0.4, -0.2) is 48.1 Å². The molecule has 1 aromatic heterocycles. The van der Waals surface area contributed by atoms with Crippen molar-refractivity contribution in [3.63, 3.8) is 0 Å². The minimum absolute atomic E-state index is 0.0379. The number of halogens is 2. The van der Waals surface area contributed by atoms with Gasteiger partial charge in [0.05, 0.1) is 28.6 Å². The van der Waals surface area contributed by atoms with Gasteiger partial charge in [-0.15, -0.1) is 0 Å². The molecule has 0 spiro atoms. The third-order valence-electron chi connectivity index (χ3n) is 6.74. The summed E-state index contributed by atoms with van der Waals surface area (Å²) in [5.74, 6) is -1.20. The number of imidazole rings is 1. The number of ether oxygens (including phenoxy) is 1. The van der Waals surface area contributed by atoms with Gasteiger partial charge in [0.1, 0.15) is 0 Å². The molecule has 35 heavy (non-hydrogen) atoms. The normalized spacial score (nSPS) is 21.7. The Hall–Kier alpha value is -2.01. The fourth-order valence-electron chi connectivity index (χ4n) is 4.84. The van der Waals surface area contributed by atoms with Gasteiger partial charge in [0.25, 0.3) is 0 Å². The molecule has 2 saturated heterocycles. The van der Waals surface area contributed by atoms with E-state index in [1.54, 1.807) is 28.6 Å². The largest absolute Gasteiger partial charge is 0.376 e. The molecule has 0 bridgehead atoms. The lowest BCUT2D eigenvalue weighted by molar-refractivity contribution is 0.0960. The Bertz CT molecular complexity index is 1320. The van der Waals surface area contributed by atoms with E-state index < -0.39 is 21.7 Å². The summed E-state index contributed by atoms with van der Waals surface area (Å²) >= 11 is 1.30. The number of thioether (sulfide) groups is 1. The number of nitrogens with zero attached hydrogens (tertiary/aromatic N) is 3. The van der Waals surface area contributed by atoms with Crippen molar-refractivity contribution >= 4 is 32.8 Å². The van der Waals surface area contributed by atoms with E-state index in [0.717, 1.165) is 37.3 Å². The van der Waals surface area contributed by atoms with E-state index in [1.165, 1.54) is 17.8 Å². The van der Waals surface area contributed by atoms with Crippen LogP contribution in [0.25, 0.3) is 11.0 Å². The zero-order valence-corrected chi connectivity index (χ0v) is 21.3. The highest BCUT2D eigenvalue weighted by Crippen LogP contribution is 2.32. The molecule has 2 aliphatic heterocycles. The van der Waals surface area contributed by atoms with E-state index in [9.17, 15) is 17.2 Å². The molecule has 3 aromatic rings. The summed E-state index contributed by atoms with van der Waals surface area (Å²) < 4.78 is 63.9. The van der Waals surface area contributed by atoms with Gasteiger partial charge in [0.15, 0.2) is 16.8 Å². The number of sulfonamides is 1. The minimum Gasteiger partial charge on any atom is -0.376 e. The third-order valence-corrected chi connectivity index (χ3v) is 9.63. The summed E-state index contributed by atoms with van der Waals surface area (Å²) in [6.07, 6.45) is 3.85. The highest BCUT2D eigenvalue weighted by Gasteiger charge is 2.29. The number of hydrogen-bond donors (Lipinski definition) is 0. The number of hydrogen-bond acceptors (Lipinski definition) is 5. The molecular formula is C25H29F2N3O3S2. The monoisotopic (exact) mass is 521 g/mol. The highest BCUT2D eigenvalue weighted by molar-refractivity contribution is 7.98. The summed E-state index contributed by atoms with van der Waals surface area (Å²) in [4.78, 5) is 4.96. The lowest BCUT2D eigenvalue weighted by Gasteiger charge is -2.30. The SMILES string of the molecule is C[C@@H]1CCCN(S(=O)(=O)c2ccc3c(c2)nc(SCc2cccc(F)c2F)n3C[C@H]2CCCO2)C1. The number of benzene rings is 2. The van der Waals surface area contributed by atoms with Crippen molar-refractivity contribution in [1.29, 1.82) is 0 Å². The van der Waals surface area contributed by atoms with Crippen LogP contribution in [-0.2, 0) is 27.1 Å². The molecule has 0 radical (unpaired) electrons. The van der Waals surface area contributed by atoms with Crippen LogP contribution in [0.15, 0.2) is 46.5 Å². The maximum Gasteiger partial charge on any atom is 0.243 e. The summed E-state index contributed by atoms with van der Waals surface area (Å²) in [6, 6.07) is 9.21. The fraction of sp³-hybridized carbons (Fsp3) is 0.480. The van der Waals surface area contributed by atoms with Gasteiger partial charge in [-0.2, -0.15) is 4.31 Å². The standard InChI is InChI=1S/C25H29F2N3O3S2/c1-17-5-3-11-29(14-17)35(31,32)20-9-10-23-22(13-20)28-25(30(23)15-19-7-4-12-33-19)34-16-18-6-2-8-21(26)24(18)27/h2,6,8-10,13,17,19H,3-5,7,11-12,14-16H2,1H3/t17-,19-/m1/s1. The van der Waals surface area contributed by atoms with Gasteiger partial charge < -0.3 is 9.30 Å². The van der Waals surface area contributed by atoms with Crippen LogP contribution in [0.2, 0.25) is 0 Å². The fourth-order valence-corrected chi connectivity index (χ4v) is 7.46. The van der Waals surface area contributed by atoms with Gasteiger partial charge in [-0.3, -0.25) is 0 Å². The number of piperidine rings is 1. The zero-order valence-electron chi connectivity index (χ0n) is 19.6. The Labute approximate surface area is 208 Å². The predicted octanol–water partition coefficient (Wildman–Crippen LogP) is 5.21. The highest BCUT2D eigenvalue weighted by atomic mass is 32.2. The second kappa shape index (κ2) is 10.2. The molecular weight excluding hydrogens is 492 g/mol. The van der Waals surface area contributed by atoms with Crippen molar-refractivity contribution in [3.8, 4) is 0 Å². The molecule has 5 rings (SSSR count). The van der Waals surface area contributed by atoms with Gasteiger partial charge in [-0.1, -0.05) is 30.8 Å². The van der Waals surface area contributed by atoms with E-state index in [2.05, 4.69) is 6.92 Å². The van der Waals surface area contributed by atoms with Crippen LogP contribution in [0.4, 0.5) is 8.78 Å². The summed E-state index contributed by atoms with van der Waals surface area (Å²) in [5.41, 5.74) is 1.62. The van der Waals surface area contributed by atoms with Crippen LogP contribution < -0.4 is 0 Å². The second-order valence-corrected chi connectivity index (χ2v) is 12.3. The van der Waals surface area contributed by atoms with Crippen LogP contribution in [0, 0.1) is 17.6 Å². The van der Waals surface area contributed by atoms with Crippen LogP contribution in [0.5, 0.6) is 0 Å². The average molecular weight is 522 g/mol. The van der Waals surface area contributed by atoms with Crippen molar-refractivity contribution in [2.75, 3.05) is 19.7 Å². The summed E-state index contributed by atoms with van der Waals surface area (Å²) in [5, 5.41) is 0.625. The molecule has 0 unspecified atom stereocenters. The summed E-state index contributed by atoms with van der Waals surface area (Å²) in [6.45, 7) is 4.40. The van der Waals surface area contributed by atoms with Gasteiger partial charge in [-0.05, 0) is 55.9 Å². The molecule has 2 atom stereocenters. The first-order chi connectivity index (χ1) is 16.8. The van der Waals surface area contributed by atoms with E-state index in [0.29, 0.717) is 42.8 Å². The Kier molecular flexibility index (Phi) is 7.16. The molecule has 2 aromatic carbocycles. The Morgan fingerprint density at radius 3 is 2.80 bits per heavy atom. The van der Waals surface area contributed by atoms with Crippen molar-refractivity contribution in [2.24, 2.45) is 5.92 Å². The molecule has 0 N–H and O–H groups in total. The molecule has 6 nitrogen and oxygen atoms in total. The smallest absolute Gasteiger partial charge is 0.243 e. The first kappa shape index (κ1) is 24.7. The molecule has 0 aliphatic carbocycles. The maximum atomic E-state index is 14.2. The summed E-state index contributed by atoms with van der Waals surface area (Å²) in [7, 11) is -3.62. The molecule has 2 aliphatic rings. The minimum atomic E-state index is -3.62. The quantitative estimate of drug-likeness (QED) is 0.400. The van der Waals surface area contributed by atoms with Crippen molar-refractivity contribution < 1.29 is 21.9 Å². The third kappa shape index (κ3) is 5.12. The van der Waals surface area contributed by atoms with Gasteiger partial charge >= 0.3 is 0 Å². The van der Waals surface area contributed by atoms with Crippen LogP contribution in [0.3, 0.4) is 0 Å². The molecule has 2 fully saturated rings. The Morgan fingerprint density at radius 2 is 2.03 bits per heavy atom. The molecule has 0 saturated carbocycles. The molecule has 10 heteroatoms. The average Bonchev–Trinajstić information content (AvgIpc) is 3.48. The zero-order chi connectivity index (χ0) is 24.6. The van der Waals surface area contributed by atoms with Crippen LogP contribution in [0.1, 0.15) is 38.2 Å². The first-order valence-electron chi connectivity index (χ1n) is 12.0. The Balaban J connectivity index is 1.48. The van der Waals surface area contributed by atoms with Crippen molar-refractivity contribution in [1.82, 2.24) is 13.9 Å². The molecule has 0 amide bonds. The molecule has 3 heterocycles. The topological polar surface area (TPSA) is 64.4 Å². The van der Waals surface area contributed by atoms with Crippen molar-refractivity contribution in [3.05, 3.63) is 53.6 Å². The van der Waals surface area contributed by atoms with E-state index in [-0.39, 0.29) is 22.3 Å². The van der Waals surface area contributed by atoms with E-state index >= 15 is 0 Å². The lowest BCUT2D eigenvalue weighted by atomic mass is 10.0. The van der Waals surface area contributed by atoms with E-state index in [4.69, 9.17) is 9.72 Å². The first-order valence-corrected chi connectivity index (χ1v) is 14.4. The maximum absolute atomic E-state index is 14.2. The number of rotatable bonds is 7. The lowest BCUT2D eigenvalue weighted by Crippen LogP contribution is -2.39. The Morgan fingerprint density at radius 1 is 1.17 bits per heavy atom. The van der Waals surface area contributed by atoms with Crippen LogP contribution >= 0.6 is 11.8 Å². The number of fused-ring (bicyclic) bond motifs is 1. The van der Waals surface area contributed by atoms with Gasteiger partial charge in [0, 0.05) is 31.0 Å². The van der Waals surface area contributed by atoms with E-state index in [1.807, 2.05) is 4.57 Å². The predicted molar refractivity (Wildman–Crippen MR) is 132 cm³/mol. The number of aromatic nitrogens is 2.